The molecule has 310 valence electrons. The van der Waals surface area contributed by atoms with Gasteiger partial charge in [0, 0.05) is 40.0 Å². The molecule has 4 nitrogen and oxygen atoms in total. The number of fused-ring (bicyclic) bond motifs is 2. The van der Waals surface area contributed by atoms with E-state index >= 15 is 0 Å². The lowest BCUT2D eigenvalue weighted by molar-refractivity contribution is 1.18. The fourth-order valence-electron chi connectivity index (χ4n) is 10.4. The number of nitriles is 1. The maximum absolute atomic E-state index is 10.1. The largest absolute Gasteiger partial charge is 0.309 e. The maximum Gasteiger partial charge on any atom is 0.0992 e. The summed E-state index contributed by atoms with van der Waals surface area (Å²) in [4.78, 5) is 9.51. The molecule has 0 N–H and O–H groups in total. The third kappa shape index (κ3) is 6.37. The van der Waals surface area contributed by atoms with Crippen LogP contribution in [0.15, 0.2) is 231 Å². The van der Waals surface area contributed by atoms with E-state index in [1.165, 1.54) is 48.8 Å². The molecule has 13 aromatic rings. The minimum absolute atomic E-state index is 0.652. The second kappa shape index (κ2) is 15.5. The van der Waals surface area contributed by atoms with Gasteiger partial charge in [-0.1, -0.05) is 127 Å². The van der Waals surface area contributed by atoms with Gasteiger partial charge in [-0.25, -0.2) is 0 Å². The molecule has 67 heavy (non-hydrogen) atoms. The molecule has 0 saturated carbocycles. The van der Waals surface area contributed by atoms with E-state index in [2.05, 4.69) is 187 Å². The molecule has 0 unspecified atom stereocenters. The minimum Gasteiger partial charge on any atom is -0.309 e. The van der Waals surface area contributed by atoms with Crippen LogP contribution >= 0.6 is 0 Å². The van der Waals surface area contributed by atoms with Crippen LogP contribution in [0.4, 0.5) is 0 Å². The van der Waals surface area contributed by atoms with Crippen molar-refractivity contribution in [2.45, 2.75) is 0 Å². The molecule has 0 aliphatic heterocycles. The van der Waals surface area contributed by atoms with Gasteiger partial charge >= 0.3 is 0 Å². The van der Waals surface area contributed by atoms with Crippen molar-refractivity contribution in [3.8, 4) is 78.8 Å². The van der Waals surface area contributed by atoms with Gasteiger partial charge < -0.3 is 4.57 Å². The number of aromatic nitrogens is 3. The van der Waals surface area contributed by atoms with Crippen molar-refractivity contribution in [1.29, 1.82) is 5.26 Å². The molecule has 13 rings (SSSR count). The summed E-state index contributed by atoms with van der Waals surface area (Å²) < 4.78 is 2.33. The number of hydrogen-bond acceptors (Lipinski definition) is 3. The Kier molecular flexibility index (Phi) is 8.87. The minimum atomic E-state index is 0.652. The topological polar surface area (TPSA) is 54.5 Å². The van der Waals surface area contributed by atoms with Crippen molar-refractivity contribution in [1.82, 2.24) is 14.5 Å². The SMILES string of the molecule is N#Cc1cc2ccc3cc(-c4ccc5c(-c6ccccc6)c6cc(-c7cc(-c8ccccn8)cc(-c8ccccn8)c7)ccc6c(-c6ccccc6)c5c4)cc4c3c2c(c1)n4-c1ccccc1. The van der Waals surface area contributed by atoms with Crippen LogP contribution in [-0.4, -0.2) is 14.5 Å². The first-order valence-corrected chi connectivity index (χ1v) is 22.6. The average Bonchev–Trinajstić information content (AvgIpc) is 3.74. The Hall–Kier alpha value is -9.17. The molecular formula is C63H38N4. The van der Waals surface area contributed by atoms with E-state index in [0.29, 0.717) is 5.56 Å². The van der Waals surface area contributed by atoms with Crippen molar-refractivity contribution in [3.63, 3.8) is 0 Å². The number of pyridine rings is 2. The molecule has 0 atom stereocenters. The molecule has 0 aliphatic rings. The summed E-state index contributed by atoms with van der Waals surface area (Å²) in [6, 6.07) is 80.5. The summed E-state index contributed by atoms with van der Waals surface area (Å²) >= 11 is 0. The highest BCUT2D eigenvalue weighted by molar-refractivity contribution is 6.26. The molecule has 0 radical (unpaired) electrons. The van der Waals surface area contributed by atoms with Crippen molar-refractivity contribution < 1.29 is 0 Å². The molecule has 3 heterocycles. The highest BCUT2D eigenvalue weighted by Gasteiger charge is 2.22. The predicted molar refractivity (Wildman–Crippen MR) is 277 cm³/mol. The van der Waals surface area contributed by atoms with E-state index in [-0.39, 0.29) is 0 Å². The van der Waals surface area contributed by atoms with Gasteiger partial charge in [0.1, 0.15) is 0 Å². The first kappa shape index (κ1) is 38.3. The molecule has 0 amide bonds. The van der Waals surface area contributed by atoms with Crippen LogP contribution in [0.5, 0.6) is 0 Å². The van der Waals surface area contributed by atoms with E-state index in [0.717, 1.165) is 78.0 Å². The van der Waals surface area contributed by atoms with Crippen molar-refractivity contribution in [2.24, 2.45) is 0 Å². The third-order valence-electron chi connectivity index (χ3n) is 13.4. The van der Waals surface area contributed by atoms with Gasteiger partial charge in [0.15, 0.2) is 0 Å². The number of benzene rings is 10. The van der Waals surface area contributed by atoms with Gasteiger partial charge in [0.25, 0.3) is 0 Å². The van der Waals surface area contributed by atoms with Gasteiger partial charge in [-0.15, -0.1) is 0 Å². The maximum atomic E-state index is 10.1. The van der Waals surface area contributed by atoms with E-state index in [4.69, 9.17) is 9.97 Å². The standard InChI is InChI=1S/C63H38N4/c64-39-40-30-45-22-23-46-32-48(38-59-63(46)62(45)58(31-40)67(59)51-18-8-3-9-19-51)44-25-27-53-55(37-44)61(42-16-6-2-7-17-42)52-26-24-43(36-54(52)60(53)41-14-4-1-5-15-41)47-33-49(56-20-10-12-28-65-56)35-50(34-47)57-21-11-13-29-66-57/h1-38H. The normalized spacial score (nSPS) is 11.6. The van der Waals surface area contributed by atoms with Crippen LogP contribution in [0.25, 0.3) is 127 Å². The fourth-order valence-corrected chi connectivity index (χ4v) is 10.4. The quantitative estimate of drug-likeness (QED) is 0.119. The Bertz CT molecular complexity index is 4000. The zero-order valence-corrected chi connectivity index (χ0v) is 36.2. The summed E-state index contributed by atoms with van der Waals surface area (Å²) in [5.41, 5.74) is 17.0. The molecule has 4 heteroatoms. The van der Waals surface area contributed by atoms with E-state index < -0.39 is 0 Å². The van der Waals surface area contributed by atoms with Crippen LogP contribution in [0.1, 0.15) is 5.56 Å². The zero-order valence-electron chi connectivity index (χ0n) is 36.2. The number of rotatable bonds is 7. The highest BCUT2D eigenvalue weighted by atomic mass is 15.0. The number of para-hydroxylation sites is 1. The summed E-state index contributed by atoms with van der Waals surface area (Å²) in [6.45, 7) is 0. The number of nitrogens with zero attached hydrogens (tertiary/aromatic N) is 4. The molecule has 0 saturated heterocycles. The third-order valence-corrected chi connectivity index (χ3v) is 13.4. The Morgan fingerprint density at radius 3 is 1.34 bits per heavy atom. The van der Waals surface area contributed by atoms with Crippen LogP contribution < -0.4 is 0 Å². The molecule has 0 aliphatic carbocycles. The molecule has 10 aromatic carbocycles. The zero-order chi connectivity index (χ0) is 44.4. The Morgan fingerprint density at radius 2 is 0.821 bits per heavy atom. The molecule has 3 aromatic heterocycles. The lowest BCUT2D eigenvalue weighted by Crippen LogP contribution is -1.94. The van der Waals surface area contributed by atoms with Crippen LogP contribution in [-0.2, 0) is 0 Å². The van der Waals surface area contributed by atoms with Crippen molar-refractivity contribution >= 4 is 54.1 Å². The lowest BCUT2D eigenvalue weighted by Gasteiger charge is -2.20. The molecule has 0 spiro atoms. The van der Waals surface area contributed by atoms with Crippen LogP contribution in [0.2, 0.25) is 0 Å². The fraction of sp³-hybridized carbons (Fsp3) is 0. The molecular weight excluding hydrogens is 813 g/mol. The van der Waals surface area contributed by atoms with E-state index in [1.54, 1.807) is 0 Å². The van der Waals surface area contributed by atoms with E-state index in [1.807, 2.05) is 54.9 Å². The van der Waals surface area contributed by atoms with Crippen LogP contribution in [0.3, 0.4) is 0 Å². The Labute approximate surface area is 387 Å². The number of hydrogen-bond donors (Lipinski definition) is 0. The van der Waals surface area contributed by atoms with Gasteiger partial charge in [0.2, 0.25) is 0 Å². The summed E-state index contributed by atoms with van der Waals surface area (Å²) in [5.74, 6) is 0. The van der Waals surface area contributed by atoms with Gasteiger partial charge in [0.05, 0.1) is 34.1 Å². The van der Waals surface area contributed by atoms with Crippen molar-refractivity contribution in [2.75, 3.05) is 0 Å². The Balaban J connectivity index is 1.08. The molecule has 0 fully saturated rings. The summed E-state index contributed by atoms with van der Waals surface area (Å²) in [6.07, 6.45) is 3.70. The first-order chi connectivity index (χ1) is 33.2. The Morgan fingerprint density at radius 1 is 0.343 bits per heavy atom. The lowest BCUT2D eigenvalue weighted by atomic mass is 9.83. The highest BCUT2D eigenvalue weighted by Crippen LogP contribution is 2.48. The van der Waals surface area contributed by atoms with E-state index in [9.17, 15) is 5.26 Å². The van der Waals surface area contributed by atoms with Crippen LogP contribution in [0, 0.1) is 11.3 Å². The van der Waals surface area contributed by atoms with Gasteiger partial charge in [-0.2, -0.15) is 5.26 Å². The van der Waals surface area contributed by atoms with Gasteiger partial charge in [-0.05, 0) is 168 Å². The second-order valence-electron chi connectivity index (χ2n) is 17.3. The summed E-state index contributed by atoms with van der Waals surface area (Å²) in [5, 5.41) is 19.5. The summed E-state index contributed by atoms with van der Waals surface area (Å²) in [7, 11) is 0. The predicted octanol–water partition coefficient (Wildman–Crippen LogP) is 16.3. The smallest absolute Gasteiger partial charge is 0.0992 e. The van der Waals surface area contributed by atoms with Gasteiger partial charge in [-0.3, -0.25) is 9.97 Å². The van der Waals surface area contributed by atoms with Crippen molar-refractivity contribution in [3.05, 3.63) is 236 Å². The molecule has 0 bridgehead atoms. The first-order valence-electron chi connectivity index (χ1n) is 22.6. The second-order valence-corrected chi connectivity index (χ2v) is 17.3. The monoisotopic (exact) mass is 850 g/mol. The average molecular weight is 851 g/mol.